The zero-order valence-electron chi connectivity index (χ0n) is 17.4. The number of carbonyl (C=O) groups excluding carboxylic acids is 1. The fourth-order valence-electron chi connectivity index (χ4n) is 3.93. The van der Waals surface area contributed by atoms with Crippen molar-refractivity contribution in [1.82, 2.24) is 4.98 Å². The molecule has 8 heteroatoms. The molecule has 0 bridgehead atoms. The first-order valence-electron chi connectivity index (χ1n) is 9.72. The minimum Gasteiger partial charge on any atom is -0.493 e. The molecule has 0 amide bonds. The molecular formula is C23H22N2O6. The van der Waals surface area contributed by atoms with Crippen LogP contribution in [0.5, 0.6) is 17.2 Å². The van der Waals surface area contributed by atoms with Crippen molar-refractivity contribution < 1.29 is 23.7 Å². The average molecular weight is 422 g/mol. The van der Waals surface area contributed by atoms with Crippen LogP contribution in [0.1, 0.15) is 24.0 Å². The smallest absolute Gasteiger partial charge is 0.340 e. The molecule has 31 heavy (non-hydrogen) atoms. The molecule has 0 saturated heterocycles. The van der Waals surface area contributed by atoms with Gasteiger partial charge in [0.25, 0.3) is 5.56 Å². The second-order valence-electron chi connectivity index (χ2n) is 6.86. The van der Waals surface area contributed by atoms with Gasteiger partial charge in [0.2, 0.25) is 5.88 Å². The van der Waals surface area contributed by atoms with E-state index >= 15 is 0 Å². The van der Waals surface area contributed by atoms with Crippen LogP contribution in [0.3, 0.4) is 0 Å². The number of methoxy groups -OCH3 is 2. The van der Waals surface area contributed by atoms with E-state index in [4.69, 9.17) is 24.7 Å². The van der Waals surface area contributed by atoms with Crippen molar-refractivity contribution in [3.63, 3.8) is 0 Å². The van der Waals surface area contributed by atoms with E-state index in [-0.39, 0.29) is 23.6 Å². The number of fused-ring (bicyclic) bond motifs is 3. The first kappa shape index (κ1) is 20.3. The maximum atomic E-state index is 13.2. The standard InChI is InChI=1S/C23H22N2O6/c1-4-30-23(27)18-16(13-9-7-11-15(28-2)19(13)29-3)17-20(31-21(18)24)12-8-5-6-10-14(12)25-22(17)26/h5-11,16H,4,24H2,1-3H3,(H,25,26)/t16-/m0/s1. The van der Waals surface area contributed by atoms with Crippen molar-refractivity contribution in [2.24, 2.45) is 5.73 Å². The minimum absolute atomic E-state index is 0.0293. The lowest BCUT2D eigenvalue weighted by Crippen LogP contribution is -2.32. The molecule has 0 radical (unpaired) electrons. The van der Waals surface area contributed by atoms with Gasteiger partial charge in [-0.3, -0.25) is 4.79 Å². The summed E-state index contributed by atoms with van der Waals surface area (Å²) in [6.45, 7) is 1.83. The predicted molar refractivity (Wildman–Crippen MR) is 114 cm³/mol. The number of nitrogens with one attached hydrogen (secondary N) is 1. The summed E-state index contributed by atoms with van der Waals surface area (Å²) in [4.78, 5) is 29.0. The van der Waals surface area contributed by atoms with E-state index in [1.807, 2.05) is 12.1 Å². The molecule has 0 unspecified atom stereocenters. The molecule has 3 aromatic rings. The van der Waals surface area contributed by atoms with Crippen LogP contribution < -0.4 is 25.5 Å². The molecular weight excluding hydrogens is 400 g/mol. The zero-order valence-corrected chi connectivity index (χ0v) is 17.4. The van der Waals surface area contributed by atoms with Gasteiger partial charge in [0, 0.05) is 10.9 Å². The molecule has 2 heterocycles. The predicted octanol–water partition coefficient (Wildman–Crippen LogP) is 2.80. The maximum absolute atomic E-state index is 13.2. The largest absolute Gasteiger partial charge is 0.493 e. The van der Waals surface area contributed by atoms with Crippen molar-refractivity contribution in [2.75, 3.05) is 20.8 Å². The van der Waals surface area contributed by atoms with E-state index in [0.29, 0.717) is 33.7 Å². The SMILES string of the molecule is CCOC(=O)C1=C(N)Oc2c(c(=O)[nH]c3ccccc23)[C@@H]1c1cccc(OC)c1OC. The number of carbonyl (C=O) groups is 1. The summed E-state index contributed by atoms with van der Waals surface area (Å²) in [5.74, 6) is -0.567. The molecule has 3 N–H and O–H groups in total. The molecule has 1 aromatic heterocycles. The van der Waals surface area contributed by atoms with Crippen LogP contribution in [-0.2, 0) is 9.53 Å². The summed E-state index contributed by atoms with van der Waals surface area (Å²) in [5, 5.41) is 0.662. The zero-order chi connectivity index (χ0) is 22.1. The summed E-state index contributed by atoms with van der Waals surface area (Å²) < 4.78 is 22.1. The van der Waals surface area contributed by atoms with Gasteiger partial charge in [-0.1, -0.05) is 24.3 Å². The molecule has 1 aliphatic rings. The van der Waals surface area contributed by atoms with Crippen molar-refractivity contribution in [3.8, 4) is 17.2 Å². The number of ether oxygens (including phenoxy) is 4. The maximum Gasteiger partial charge on any atom is 0.340 e. The third-order valence-electron chi connectivity index (χ3n) is 5.20. The van der Waals surface area contributed by atoms with Gasteiger partial charge in [-0.25, -0.2) is 4.79 Å². The number of rotatable bonds is 5. The van der Waals surface area contributed by atoms with Crippen LogP contribution >= 0.6 is 0 Å². The molecule has 0 fully saturated rings. The third-order valence-corrected chi connectivity index (χ3v) is 5.20. The number of aromatic amines is 1. The lowest BCUT2D eigenvalue weighted by atomic mass is 9.82. The summed E-state index contributed by atoms with van der Waals surface area (Å²) in [5.41, 5.74) is 7.21. The number of nitrogens with two attached hydrogens (primary N) is 1. The molecule has 0 spiro atoms. The molecule has 2 aromatic carbocycles. The Kier molecular flexibility index (Phi) is 5.29. The first-order valence-corrected chi connectivity index (χ1v) is 9.72. The van der Waals surface area contributed by atoms with Gasteiger partial charge in [-0.05, 0) is 25.1 Å². The van der Waals surface area contributed by atoms with Gasteiger partial charge in [-0.15, -0.1) is 0 Å². The third kappa shape index (κ3) is 3.26. The monoisotopic (exact) mass is 422 g/mol. The molecule has 0 saturated carbocycles. The molecule has 8 nitrogen and oxygen atoms in total. The van der Waals surface area contributed by atoms with Gasteiger partial charge in [-0.2, -0.15) is 0 Å². The van der Waals surface area contributed by atoms with Crippen molar-refractivity contribution in [1.29, 1.82) is 0 Å². The van der Waals surface area contributed by atoms with Crippen molar-refractivity contribution >= 4 is 16.9 Å². The van der Waals surface area contributed by atoms with E-state index in [2.05, 4.69) is 4.98 Å². The fraction of sp³-hybridized carbons (Fsp3) is 0.217. The van der Waals surface area contributed by atoms with Crippen LogP contribution in [0.15, 0.2) is 58.7 Å². The Morgan fingerprint density at radius 1 is 1.13 bits per heavy atom. The Morgan fingerprint density at radius 2 is 1.90 bits per heavy atom. The number of H-pyrrole nitrogens is 1. The highest BCUT2D eigenvalue weighted by Gasteiger charge is 2.40. The van der Waals surface area contributed by atoms with Crippen molar-refractivity contribution in [3.05, 3.63) is 75.4 Å². The number of hydrogen-bond donors (Lipinski definition) is 2. The van der Waals surface area contributed by atoms with Crippen molar-refractivity contribution in [2.45, 2.75) is 12.8 Å². The topological polar surface area (TPSA) is 113 Å². The van der Waals surface area contributed by atoms with Gasteiger partial charge in [0.1, 0.15) is 11.3 Å². The quantitative estimate of drug-likeness (QED) is 0.608. The Morgan fingerprint density at radius 3 is 2.61 bits per heavy atom. The summed E-state index contributed by atoms with van der Waals surface area (Å²) in [7, 11) is 3.00. The molecule has 4 rings (SSSR count). The second-order valence-corrected chi connectivity index (χ2v) is 6.86. The number of para-hydroxylation sites is 2. The van der Waals surface area contributed by atoms with Gasteiger partial charge in [0.15, 0.2) is 11.5 Å². The van der Waals surface area contributed by atoms with Crippen LogP contribution in [0, 0.1) is 0 Å². The normalized spacial score (nSPS) is 15.3. The molecule has 160 valence electrons. The van der Waals surface area contributed by atoms with E-state index < -0.39 is 17.4 Å². The Hall–Kier alpha value is -3.94. The molecule has 1 atom stereocenters. The number of aromatic nitrogens is 1. The van der Waals surface area contributed by atoms with Crippen LogP contribution in [0.4, 0.5) is 0 Å². The van der Waals surface area contributed by atoms with E-state index in [1.165, 1.54) is 14.2 Å². The van der Waals surface area contributed by atoms with Gasteiger partial charge < -0.3 is 29.7 Å². The number of hydrogen-bond acceptors (Lipinski definition) is 7. The molecule has 1 aliphatic heterocycles. The van der Waals surface area contributed by atoms with E-state index in [0.717, 1.165) is 0 Å². The second kappa shape index (κ2) is 8.06. The highest BCUT2D eigenvalue weighted by atomic mass is 16.5. The van der Waals surface area contributed by atoms with E-state index in [1.54, 1.807) is 37.3 Å². The fourth-order valence-corrected chi connectivity index (χ4v) is 3.93. The van der Waals surface area contributed by atoms with Gasteiger partial charge in [0.05, 0.1) is 37.8 Å². The molecule has 0 aliphatic carbocycles. The number of pyridine rings is 1. The van der Waals surface area contributed by atoms with Crippen LogP contribution in [0.25, 0.3) is 10.9 Å². The van der Waals surface area contributed by atoms with Crippen LogP contribution in [0.2, 0.25) is 0 Å². The Balaban J connectivity index is 2.09. The highest BCUT2D eigenvalue weighted by Crippen LogP contribution is 2.47. The minimum atomic E-state index is -0.888. The lowest BCUT2D eigenvalue weighted by Gasteiger charge is -2.29. The Bertz CT molecular complexity index is 1260. The summed E-state index contributed by atoms with van der Waals surface area (Å²) >= 11 is 0. The summed E-state index contributed by atoms with van der Waals surface area (Å²) in [6.07, 6.45) is 0. The van der Waals surface area contributed by atoms with E-state index in [9.17, 15) is 9.59 Å². The average Bonchev–Trinajstić information content (AvgIpc) is 2.77. The lowest BCUT2D eigenvalue weighted by molar-refractivity contribution is -0.139. The first-order chi connectivity index (χ1) is 15.0. The van der Waals surface area contributed by atoms with Crippen LogP contribution in [-0.4, -0.2) is 31.8 Å². The van der Waals surface area contributed by atoms with Gasteiger partial charge >= 0.3 is 5.97 Å². The number of esters is 1. The number of benzene rings is 2. The Labute approximate surface area is 178 Å². The highest BCUT2D eigenvalue weighted by molar-refractivity contribution is 5.95. The summed E-state index contributed by atoms with van der Waals surface area (Å²) in [6, 6.07) is 12.4.